The second kappa shape index (κ2) is 5.40. The van der Waals surface area contributed by atoms with E-state index in [4.69, 9.17) is 0 Å². The van der Waals surface area contributed by atoms with E-state index in [9.17, 15) is 4.79 Å². The van der Waals surface area contributed by atoms with Gasteiger partial charge in [-0.15, -0.1) is 0 Å². The molecule has 2 aromatic rings. The predicted molar refractivity (Wildman–Crippen MR) is 84.9 cm³/mol. The first-order valence-electron chi connectivity index (χ1n) is 6.91. The number of benzene rings is 2. The number of carbonyl (C=O) groups is 1. The van der Waals surface area contributed by atoms with E-state index in [0.717, 1.165) is 11.4 Å². The van der Waals surface area contributed by atoms with Crippen LogP contribution >= 0.6 is 0 Å². The Bertz CT molecular complexity index is 687. The van der Waals surface area contributed by atoms with Crippen molar-refractivity contribution in [2.45, 2.75) is 13.8 Å². The number of aryl methyl sites for hydroxylation is 2. The third-order valence-corrected chi connectivity index (χ3v) is 3.42. The summed E-state index contributed by atoms with van der Waals surface area (Å²) in [5.74, 6) is 0.536. The largest absolute Gasteiger partial charge is 0.303 e. The van der Waals surface area contributed by atoms with Crippen LogP contribution in [0.4, 0.5) is 11.4 Å². The fraction of sp³-hybridized carbons (Fsp3) is 0.176. The molecule has 21 heavy (non-hydrogen) atoms. The molecular weight excluding hydrogens is 262 g/mol. The van der Waals surface area contributed by atoms with Crippen molar-refractivity contribution in [1.29, 1.82) is 0 Å². The minimum absolute atomic E-state index is 0.0403. The van der Waals surface area contributed by atoms with E-state index in [2.05, 4.69) is 10.3 Å². The average molecular weight is 279 g/mol. The molecule has 0 spiro atoms. The van der Waals surface area contributed by atoms with Crippen LogP contribution in [0.25, 0.3) is 0 Å². The summed E-state index contributed by atoms with van der Waals surface area (Å²) in [5, 5.41) is 2.82. The lowest BCUT2D eigenvalue weighted by Crippen LogP contribution is -2.29. The summed E-state index contributed by atoms with van der Waals surface area (Å²) in [4.78, 5) is 18.1. The van der Waals surface area contributed by atoms with Crippen LogP contribution in [0.1, 0.15) is 11.1 Å². The van der Waals surface area contributed by atoms with Gasteiger partial charge in [-0.25, -0.2) is 4.99 Å². The molecule has 106 valence electrons. The molecule has 1 heterocycles. The minimum Gasteiger partial charge on any atom is -0.303 e. The first kappa shape index (κ1) is 13.4. The van der Waals surface area contributed by atoms with Crippen LogP contribution in [-0.2, 0) is 4.79 Å². The lowest BCUT2D eigenvalue weighted by atomic mass is 10.2. The van der Waals surface area contributed by atoms with Crippen LogP contribution in [0, 0.1) is 13.8 Å². The van der Waals surface area contributed by atoms with Gasteiger partial charge in [-0.3, -0.25) is 10.1 Å². The van der Waals surface area contributed by atoms with Crippen LogP contribution < -0.4 is 10.2 Å². The molecule has 1 saturated heterocycles. The molecule has 1 fully saturated rings. The van der Waals surface area contributed by atoms with E-state index in [1.54, 1.807) is 0 Å². The van der Waals surface area contributed by atoms with Crippen LogP contribution in [0.2, 0.25) is 0 Å². The number of aliphatic imine (C=N–C) groups is 1. The van der Waals surface area contributed by atoms with E-state index in [0.29, 0.717) is 12.5 Å². The van der Waals surface area contributed by atoms with Crippen molar-refractivity contribution in [2.24, 2.45) is 4.99 Å². The molecule has 0 bridgehead atoms. The van der Waals surface area contributed by atoms with Gasteiger partial charge in [-0.2, -0.15) is 0 Å². The highest BCUT2D eigenvalue weighted by Crippen LogP contribution is 2.20. The summed E-state index contributed by atoms with van der Waals surface area (Å²) >= 11 is 0. The predicted octanol–water partition coefficient (Wildman–Crippen LogP) is 2.93. The molecule has 0 aromatic heterocycles. The van der Waals surface area contributed by atoms with Gasteiger partial charge in [0.05, 0.1) is 5.69 Å². The highest BCUT2D eigenvalue weighted by atomic mass is 16.2. The minimum atomic E-state index is -0.0403. The highest BCUT2D eigenvalue weighted by Gasteiger charge is 2.26. The zero-order valence-electron chi connectivity index (χ0n) is 12.1. The number of amides is 1. The Hall–Kier alpha value is -2.62. The number of nitrogens with zero attached hydrogens (tertiary/aromatic N) is 2. The fourth-order valence-electron chi connectivity index (χ4n) is 2.22. The van der Waals surface area contributed by atoms with Gasteiger partial charge in [-0.05, 0) is 38.1 Å². The van der Waals surface area contributed by atoms with E-state index in [1.165, 1.54) is 11.1 Å². The van der Waals surface area contributed by atoms with Gasteiger partial charge < -0.3 is 4.90 Å². The molecule has 1 amide bonds. The molecule has 0 saturated carbocycles. The van der Waals surface area contributed by atoms with Crippen LogP contribution in [0.5, 0.6) is 0 Å². The normalized spacial score (nSPS) is 16.4. The maximum Gasteiger partial charge on any atom is 0.246 e. The molecule has 2 aromatic carbocycles. The van der Waals surface area contributed by atoms with Gasteiger partial charge >= 0.3 is 0 Å². The lowest BCUT2D eigenvalue weighted by molar-refractivity contribution is -0.117. The Morgan fingerprint density at radius 2 is 1.52 bits per heavy atom. The van der Waals surface area contributed by atoms with Crippen molar-refractivity contribution >= 4 is 23.2 Å². The van der Waals surface area contributed by atoms with Crippen LogP contribution in [-0.4, -0.2) is 18.4 Å². The quantitative estimate of drug-likeness (QED) is 0.918. The number of carbonyl (C=O) groups excluding carboxylic acids is 1. The standard InChI is InChI=1S/C17H17N3O/c1-12-3-7-14(8-4-12)18-17-19-16(21)11-20(17)15-9-5-13(2)6-10-15/h3-10H,11H2,1-2H3,(H,18,19,21). The molecular formula is C17H17N3O. The first-order chi connectivity index (χ1) is 10.1. The molecule has 0 atom stereocenters. The van der Waals surface area contributed by atoms with Crippen molar-refractivity contribution in [3.05, 3.63) is 59.7 Å². The number of nitrogens with one attached hydrogen (secondary N) is 1. The number of rotatable bonds is 2. The summed E-state index contributed by atoms with van der Waals surface area (Å²) in [6.45, 7) is 4.37. The van der Waals surface area contributed by atoms with Crippen LogP contribution in [0.3, 0.4) is 0 Å². The van der Waals surface area contributed by atoms with Crippen molar-refractivity contribution < 1.29 is 4.79 Å². The first-order valence-corrected chi connectivity index (χ1v) is 6.91. The van der Waals surface area contributed by atoms with E-state index in [1.807, 2.05) is 67.3 Å². The maximum atomic E-state index is 11.7. The lowest BCUT2D eigenvalue weighted by Gasteiger charge is -2.16. The summed E-state index contributed by atoms with van der Waals surface area (Å²) in [6, 6.07) is 16.0. The summed E-state index contributed by atoms with van der Waals surface area (Å²) in [7, 11) is 0. The second-order valence-electron chi connectivity index (χ2n) is 5.24. The zero-order chi connectivity index (χ0) is 14.8. The van der Waals surface area contributed by atoms with Gasteiger partial charge in [0.15, 0.2) is 0 Å². The molecule has 0 radical (unpaired) electrons. The molecule has 0 unspecified atom stereocenters. The number of hydrogen-bond donors (Lipinski definition) is 1. The Balaban J connectivity index is 1.93. The number of guanidine groups is 1. The van der Waals surface area contributed by atoms with E-state index in [-0.39, 0.29) is 5.91 Å². The molecule has 1 N–H and O–H groups in total. The summed E-state index contributed by atoms with van der Waals surface area (Å²) < 4.78 is 0. The Morgan fingerprint density at radius 1 is 0.952 bits per heavy atom. The SMILES string of the molecule is Cc1ccc(N=C2NC(=O)CN2c2ccc(C)cc2)cc1. The van der Waals surface area contributed by atoms with Crippen molar-refractivity contribution in [1.82, 2.24) is 5.32 Å². The van der Waals surface area contributed by atoms with Crippen LogP contribution in [0.15, 0.2) is 53.5 Å². The zero-order valence-corrected chi connectivity index (χ0v) is 12.1. The molecule has 1 aliphatic rings. The number of anilines is 1. The monoisotopic (exact) mass is 279 g/mol. The van der Waals surface area contributed by atoms with Gasteiger partial charge in [-0.1, -0.05) is 35.4 Å². The third-order valence-electron chi connectivity index (χ3n) is 3.42. The third kappa shape index (κ3) is 2.94. The maximum absolute atomic E-state index is 11.7. The molecule has 4 nitrogen and oxygen atoms in total. The fourth-order valence-corrected chi connectivity index (χ4v) is 2.22. The van der Waals surface area contributed by atoms with Gasteiger partial charge in [0, 0.05) is 5.69 Å². The second-order valence-corrected chi connectivity index (χ2v) is 5.24. The Kier molecular flexibility index (Phi) is 3.44. The van der Waals surface area contributed by atoms with E-state index < -0.39 is 0 Å². The van der Waals surface area contributed by atoms with Gasteiger partial charge in [0.2, 0.25) is 11.9 Å². The van der Waals surface area contributed by atoms with E-state index >= 15 is 0 Å². The Morgan fingerprint density at radius 3 is 2.14 bits per heavy atom. The van der Waals surface area contributed by atoms with Crippen molar-refractivity contribution in [3.63, 3.8) is 0 Å². The molecule has 4 heteroatoms. The average Bonchev–Trinajstić information content (AvgIpc) is 2.83. The molecule has 0 aliphatic carbocycles. The summed E-state index contributed by atoms with van der Waals surface area (Å²) in [5.41, 5.74) is 4.17. The summed E-state index contributed by atoms with van der Waals surface area (Å²) in [6.07, 6.45) is 0. The molecule has 3 rings (SSSR count). The Labute approximate surface area is 124 Å². The van der Waals surface area contributed by atoms with Gasteiger partial charge in [0.1, 0.15) is 6.54 Å². The smallest absolute Gasteiger partial charge is 0.246 e. The highest BCUT2D eigenvalue weighted by molar-refractivity contribution is 6.15. The van der Waals surface area contributed by atoms with Gasteiger partial charge in [0.25, 0.3) is 0 Å². The molecule has 1 aliphatic heterocycles. The topological polar surface area (TPSA) is 44.7 Å². The number of hydrogen-bond acceptors (Lipinski definition) is 2. The van der Waals surface area contributed by atoms with Crippen molar-refractivity contribution in [3.8, 4) is 0 Å². The van der Waals surface area contributed by atoms with Crippen molar-refractivity contribution in [2.75, 3.05) is 11.4 Å².